The van der Waals surface area contributed by atoms with Crippen molar-refractivity contribution >= 4 is 51.7 Å². The summed E-state index contributed by atoms with van der Waals surface area (Å²) in [6.07, 6.45) is 8.67. The number of aryl methyl sites for hydroxylation is 1. The molecular formula is C28H30N4O2S2. The van der Waals surface area contributed by atoms with Crippen molar-refractivity contribution in [3.63, 3.8) is 0 Å². The van der Waals surface area contributed by atoms with Crippen LogP contribution in [0.1, 0.15) is 54.9 Å². The van der Waals surface area contributed by atoms with E-state index in [1.807, 2.05) is 25.1 Å². The van der Waals surface area contributed by atoms with Crippen molar-refractivity contribution in [1.82, 2.24) is 14.3 Å². The minimum atomic E-state index is -0.175. The molecular weight excluding hydrogens is 488 g/mol. The lowest BCUT2D eigenvalue weighted by molar-refractivity contribution is -0.122. The van der Waals surface area contributed by atoms with Crippen LogP contribution in [0.25, 0.3) is 11.7 Å². The first-order valence-electron chi connectivity index (χ1n) is 12.6. The van der Waals surface area contributed by atoms with E-state index in [4.69, 9.17) is 17.2 Å². The summed E-state index contributed by atoms with van der Waals surface area (Å²) in [5.74, 6) is 0.497. The van der Waals surface area contributed by atoms with Crippen LogP contribution in [0.5, 0.6) is 0 Å². The number of benzene rings is 1. The van der Waals surface area contributed by atoms with Crippen LogP contribution in [0.3, 0.4) is 0 Å². The molecule has 2 aliphatic rings. The molecule has 6 nitrogen and oxygen atoms in total. The highest BCUT2D eigenvalue weighted by Crippen LogP contribution is 2.34. The Hall–Kier alpha value is -2.97. The number of hydrogen-bond acceptors (Lipinski definition) is 6. The van der Waals surface area contributed by atoms with Crippen molar-refractivity contribution in [1.29, 1.82) is 0 Å². The summed E-state index contributed by atoms with van der Waals surface area (Å²) in [5, 5.41) is 0. The lowest BCUT2D eigenvalue weighted by atomic mass is 9.99. The van der Waals surface area contributed by atoms with E-state index in [1.165, 1.54) is 22.9 Å². The Kier molecular flexibility index (Phi) is 7.25. The van der Waals surface area contributed by atoms with Gasteiger partial charge >= 0.3 is 0 Å². The van der Waals surface area contributed by atoms with Crippen molar-refractivity contribution in [3.8, 4) is 0 Å². The number of nitrogens with zero attached hydrogens (tertiary/aromatic N) is 4. The molecule has 0 bridgehead atoms. The number of amides is 1. The molecule has 0 radical (unpaired) electrons. The summed E-state index contributed by atoms with van der Waals surface area (Å²) in [6, 6.07) is 12.2. The lowest BCUT2D eigenvalue weighted by Crippen LogP contribution is -2.34. The highest BCUT2D eigenvalue weighted by molar-refractivity contribution is 8.26. The Morgan fingerprint density at radius 1 is 1.08 bits per heavy atom. The first-order valence-corrected chi connectivity index (χ1v) is 13.8. The van der Waals surface area contributed by atoms with Gasteiger partial charge in [-0.1, -0.05) is 80.5 Å². The fourth-order valence-corrected chi connectivity index (χ4v) is 6.10. The summed E-state index contributed by atoms with van der Waals surface area (Å²) < 4.78 is 2.13. The number of pyridine rings is 1. The largest absolute Gasteiger partial charge is 0.351 e. The van der Waals surface area contributed by atoms with Crippen molar-refractivity contribution in [3.05, 3.63) is 80.1 Å². The number of rotatable bonds is 7. The second kappa shape index (κ2) is 10.6. The molecule has 186 valence electrons. The number of unbranched alkanes of at least 4 members (excludes halogenated alkanes) is 3. The average Bonchev–Trinajstić information content (AvgIpc) is 3.15. The molecule has 2 aromatic heterocycles. The Bertz CT molecular complexity index is 1430. The van der Waals surface area contributed by atoms with E-state index in [1.54, 1.807) is 21.6 Å². The minimum Gasteiger partial charge on any atom is -0.351 e. The van der Waals surface area contributed by atoms with Gasteiger partial charge in [-0.25, -0.2) is 4.98 Å². The van der Waals surface area contributed by atoms with Crippen LogP contribution < -0.4 is 10.5 Å². The molecule has 0 aliphatic carbocycles. The summed E-state index contributed by atoms with van der Waals surface area (Å²) >= 11 is 6.81. The molecule has 3 aromatic rings. The molecule has 1 fully saturated rings. The van der Waals surface area contributed by atoms with E-state index < -0.39 is 0 Å². The molecule has 1 saturated heterocycles. The van der Waals surface area contributed by atoms with E-state index in [0.29, 0.717) is 39.3 Å². The van der Waals surface area contributed by atoms with E-state index in [2.05, 4.69) is 30.0 Å². The third-order valence-corrected chi connectivity index (χ3v) is 8.18. The molecule has 1 aromatic carbocycles. The zero-order chi connectivity index (χ0) is 25.2. The van der Waals surface area contributed by atoms with Gasteiger partial charge in [-0.2, -0.15) is 0 Å². The highest BCUT2D eigenvalue weighted by Gasteiger charge is 2.32. The van der Waals surface area contributed by atoms with Gasteiger partial charge in [0.1, 0.15) is 15.8 Å². The van der Waals surface area contributed by atoms with Crippen LogP contribution in [-0.4, -0.2) is 37.6 Å². The number of carbonyl (C=O) groups excluding carboxylic acids is 1. The van der Waals surface area contributed by atoms with Crippen LogP contribution in [0.15, 0.2) is 52.3 Å². The van der Waals surface area contributed by atoms with E-state index >= 15 is 0 Å². The monoisotopic (exact) mass is 518 g/mol. The normalized spacial score (nSPS) is 16.9. The predicted molar refractivity (Wildman–Crippen MR) is 151 cm³/mol. The zero-order valence-corrected chi connectivity index (χ0v) is 22.3. The third-order valence-electron chi connectivity index (χ3n) is 6.80. The maximum Gasteiger partial charge on any atom is 0.267 e. The molecule has 0 atom stereocenters. The van der Waals surface area contributed by atoms with Gasteiger partial charge in [-0.05, 0) is 48.6 Å². The molecule has 0 unspecified atom stereocenters. The van der Waals surface area contributed by atoms with E-state index in [9.17, 15) is 9.59 Å². The molecule has 4 heterocycles. The SMILES string of the molecule is CCCCCCN1C(=O)/C(=C/c2c(N3CCc4ccccc4C3)nc3ccc(C)cn3c2=O)SC1=S. The standard InChI is InChI=1S/C28H30N4O2S2/c1-3-4-5-8-14-31-27(34)23(36-28(31)35)16-22-25(29-24-12-11-19(2)17-32(24)26(22)33)30-15-13-20-9-6-7-10-21(20)18-30/h6-7,9-12,16-17H,3-5,8,13-15,18H2,1-2H3/b23-16-. The number of aromatic nitrogens is 2. The second-order valence-corrected chi connectivity index (χ2v) is 11.1. The summed E-state index contributed by atoms with van der Waals surface area (Å²) in [7, 11) is 0. The first-order chi connectivity index (χ1) is 17.5. The smallest absolute Gasteiger partial charge is 0.267 e. The van der Waals surface area contributed by atoms with Crippen molar-refractivity contribution in [2.75, 3.05) is 18.0 Å². The summed E-state index contributed by atoms with van der Waals surface area (Å²) in [4.78, 5) is 36.3. The van der Waals surface area contributed by atoms with Gasteiger partial charge in [0.25, 0.3) is 11.5 Å². The fraction of sp³-hybridized carbons (Fsp3) is 0.357. The highest BCUT2D eigenvalue weighted by atomic mass is 32.2. The maximum atomic E-state index is 13.8. The molecule has 5 rings (SSSR count). The van der Waals surface area contributed by atoms with E-state index in [-0.39, 0.29) is 11.5 Å². The predicted octanol–water partition coefficient (Wildman–Crippen LogP) is 5.35. The van der Waals surface area contributed by atoms with Gasteiger partial charge in [0.2, 0.25) is 0 Å². The third kappa shape index (κ3) is 4.84. The number of hydrogen-bond donors (Lipinski definition) is 0. The van der Waals surface area contributed by atoms with E-state index in [0.717, 1.165) is 44.2 Å². The van der Waals surface area contributed by atoms with Gasteiger partial charge in [-0.15, -0.1) is 0 Å². The van der Waals surface area contributed by atoms with Gasteiger partial charge in [0.05, 0.1) is 10.5 Å². The van der Waals surface area contributed by atoms with Crippen LogP contribution >= 0.6 is 24.0 Å². The van der Waals surface area contributed by atoms with Crippen LogP contribution in [-0.2, 0) is 17.8 Å². The summed E-state index contributed by atoms with van der Waals surface area (Å²) in [5.41, 5.74) is 4.39. The molecule has 0 saturated carbocycles. The van der Waals surface area contributed by atoms with Gasteiger partial charge in [-0.3, -0.25) is 18.9 Å². The topological polar surface area (TPSA) is 57.9 Å². The molecule has 0 spiro atoms. The molecule has 0 N–H and O–H groups in total. The Morgan fingerprint density at radius 3 is 2.69 bits per heavy atom. The quantitative estimate of drug-likeness (QED) is 0.239. The molecule has 36 heavy (non-hydrogen) atoms. The van der Waals surface area contributed by atoms with Gasteiger partial charge in [0, 0.05) is 25.8 Å². The van der Waals surface area contributed by atoms with Crippen molar-refractivity contribution in [2.45, 2.75) is 52.5 Å². The maximum absolute atomic E-state index is 13.8. The second-order valence-electron chi connectivity index (χ2n) is 9.42. The van der Waals surface area contributed by atoms with Gasteiger partial charge in [0.15, 0.2) is 0 Å². The Balaban J connectivity index is 1.55. The average molecular weight is 519 g/mol. The number of anilines is 1. The summed E-state index contributed by atoms with van der Waals surface area (Å²) in [6.45, 7) is 6.16. The van der Waals surface area contributed by atoms with Crippen molar-refractivity contribution in [2.24, 2.45) is 0 Å². The Labute approximate surface area is 221 Å². The van der Waals surface area contributed by atoms with Crippen LogP contribution in [0, 0.1) is 6.92 Å². The number of carbonyl (C=O) groups is 1. The van der Waals surface area contributed by atoms with Gasteiger partial charge < -0.3 is 4.90 Å². The molecule has 2 aliphatic heterocycles. The van der Waals surface area contributed by atoms with Crippen LogP contribution in [0.4, 0.5) is 5.82 Å². The van der Waals surface area contributed by atoms with Crippen molar-refractivity contribution < 1.29 is 4.79 Å². The lowest BCUT2D eigenvalue weighted by Gasteiger charge is -2.30. The Morgan fingerprint density at radius 2 is 1.89 bits per heavy atom. The minimum absolute atomic E-state index is 0.120. The number of thiocarbonyl (C=S) groups is 1. The van der Waals surface area contributed by atoms with Crippen LogP contribution in [0.2, 0.25) is 0 Å². The number of fused-ring (bicyclic) bond motifs is 2. The fourth-order valence-electron chi connectivity index (χ4n) is 4.81. The molecule has 1 amide bonds. The first kappa shape index (κ1) is 24.7. The molecule has 8 heteroatoms. The zero-order valence-electron chi connectivity index (χ0n) is 20.7. The number of thioether (sulfide) groups is 1.